The van der Waals surface area contributed by atoms with Gasteiger partial charge in [-0.1, -0.05) is 30.3 Å². The number of carbonyl (C=O) groups is 2. The number of hydrogen-bond acceptors (Lipinski definition) is 5. The highest BCUT2D eigenvalue weighted by molar-refractivity contribution is 7.12. The maximum absolute atomic E-state index is 11.7. The lowest BCUT2D eigenvalue weighted by Crippen LogP contribution is -2.37. The number of benzene rings is 1. The predicted molar refractivity (Wildman–Crippen MR) is 86.0 cm³/mol. The molecule has 0 aliphatic carbocycles. The first-order valence-corrected chi connectivity index (χ1v) is 7.84. The van der Waals surface area contributed by atoms with E-state index in [-0.39, 0.29) is 24.1 Å². The van der Waals surface area contributed by atoms with Crippen LogP contribution in [0.3, 0.4) is 0 Å². The van der Waals surface area contributed by atoms with Crippen LogP contribution < -0.4 is 10.1 Å². The van der Waals surface area contributed by atoms with E-state index in [2.05, 4.69) is 5.32 Å². The van der Waals surface area contributed by atoms with Crippen LogP contribution in [0, 0.1) is 0 Å². The van der Waals surface area contributed by atoms with Crippen molar-refractivity contribution in [3.63, 3.8) is 0 Å². The van der Waals surface area contributed by atoms with Crippen LogP contribution in [-0.4, -0.2) is 29.8 Å². The summed E-state index contributed by atoms with van der Waals surface area (Å²) in [7, 11) is 0. The van der Waals surface area contributed by atoms with E-state index in [0.29, 0.717) is 5.75 Å². The molecule has 6 nitrogen and oxygen atoms in total. The molecule has 0 radical (unpaired) electrons. The summed E-state index contributed by atoms with van der Waals surface area (Å²) in [5.74, 6) is -0.515. The van der Waals surface area contributed by atoms with Crippen LogP contribution in [0.2, 0.25) is 0 Å². The van der Waals surface area contributed by atoms with E-state index < -0.39 is 12.1 Å². The molecule has 1 unspecified atom stereocenters. The Labute approximate surface area is 137 Å². The number of carboxylic acids is 1. The molecule has 0 saturated carbocycles. The number of carboxylic acid groups (broad SMARTS) is 1. The van der Waals surface area contributed by atoms with Gasteiger partial charge in [0.05, 0.1) is 6.04 Å². The first-order chi connectivity index (χ1) is 11.0. The van der Waals surface area contributed by atoms with E-state index in [4.69, 9.17) is 14.6 Å². The number of thiophene rings is 1. The molecule has 1 atom stereocenters. The minimum atomic E-state index is -0.986. The molecule has 1 aromatic heterocycles. The zero-order valence-electron chi connectivity index (χ0n) is 12.5. The molecule has 122 valence electrons. The van der Waals surface area contributed by atoms with Gasteiger partial charge in [0, 0.05) is 11.4 Å². The van der Waals surface area contributed by atoms with Crippen molar-refractivity contribution in [1.82, 2.24) is 5.32 Å². The fourth-order valence-electron chi connectivity index (χ4n) is 1.74. The highest BCUT2D eigenvalue weighted by Crippen LogP contribution is 2.21. The second-order valence-corrected chi connectivity index (χ2v) is 5.78. The molecule has 0 fully saturated rings. The number of alkyl carbamates (subject to hydrolysis) is 1. The van der Waals surface area contributed by atoms with Gasteiger partial charge < -0.3 is 19.9 Å². The summed E-state index contributed by atoms with van der Waals surface area (Å²) in [6, 6.07) is 10.6. The summed E-state index contributed by atoms with van der Waals surface area (Å²) in [5.41, 5.74) is 0.908. The zero-order valence-corrected chi connectivity index (χ0v) is 13.3. The van der Waals surface area contributed by atoms with E-state index in [9.17, 15) is 9.59 Å². The molecule has 2 N–H and O–H groups in total. The lowest BCUT2D eigenvalue weighted by molar-refractivity contribution is 0.0701. The van der Waals surface area contributed by atoms with Crippen LogP contribution in [0.25, 0.3) is 0 Å². The van der Waals surface area contributed by atoms with Crippen molar-refractivity contribution >= 4 is 23.4 Å². The Hall–Kier alpha value is -2.54. The Morgan fingerprint density at radius 2 is 2.04 bits per heavy atom. The molecule has 0 aliphatic rings. The quantitative estimate of drug-likeness (QED) is 0.812. The summed E-state index contributed by atoms with van der Waals surface area (Å²) in [4.78, 5) is 22.6. The van der Waals surface area contributed by atoms with Gasteiger partial charge in [-0.2, -0.15) is 0 Å². The van der Waals surface area contributed by atoms with Crippen LogP contribution in [0.1, 0.15) is 22.2 Å². The number of carbonyl (C=O) groups excluding carboxylic acids is 1. The Balaban J connectivity index is 1.70. The Bertz CT molecular complexity index is 656. The third kappa shape index (κ3) is 5.63. The van der Waals surface area contributed by atoms with Crippen molar-refractivity contribution in [1.29, 1.82) is 0 Å². The van der Waals surface area contributed by atoms with Gasteiger partial charge in [-0.25, -0.2) is 9.59 Å². The van der Waals surface area contributed by atoms with Crippen molar-refractivity contribution in [3.8, 4) is 5.75 Å². The molecule has 2 rings (SSSR count). The van der Waals surface area contributed by atoms with Crippen molar-refractivity contribution in [2.75, 3.05) is 6.61 Å². The van der Waals surface area contributed by atoms with Crippen LogP contribution in [-0.2, 0) is 11.3 Å². The van der Waals surface area contributed by atoms with Gasteiger partial charge in [-0.3, -0.25) is 0 Å². The number of hydrogen-bond donors (Lipinski definition) is 2. The average Bonchev–Trinajstić information content (AvgIpc) is 3.01. The van der Waals surface area contributed by atoms with E-state index >= 15 is 0 Å². The standard InChI is InChI=1S/C16H17NO5S/c1-11(8-21-13-7-14(15(18)19)23-10-13)17-16(20)22-9-12-5-3-2-4-6-12/h2-7,10-11H,8-9H2,1H3,(H,17,20)(H,18,19). The first-order valence-electron chi connectivity index (χ1n) is 6.96. The van der Waals surface area contributed by atoms with Crippen LogP contribution >= 0.6 is 11.3 Å². The number of aromatic carboxylic acids is 1. The van der Waals surface area contributed by atoms with Crippen LogP contribution in [0.4, 0.5) is 4.79 Å². The normalized spacial score (nSPS) is 11.5. The molecular formula is C16H17NO5S. The molecule has 1 aromatic carbocycles. The third-order valence-corrected chi connectivity index (χ3v) is 3.76. The fourth-order valence-corrected chi connectivity index (χ4v) is 2.40. The molecular weight excluding hydrogens is 318 g/mol. The summed E-state index contributed by atoms with van der Waals surface area (Å²) >= 11 is 1.09. The molecule has 23 heavy (non-hydrogen) atoms. The van der Waals surface area contributed by atoms with E-state index in [0.717, 1.165) is 16.9 Å². The lowest BCUT2D eigenvalue weighted by atomic mass is 10.2. The summed E-state index contributed by atoms with van der Waals surface area (Å²) in [5, 5.41) is 13.1. The number of ether oxygens (including phenoxy) is 2. The van der Waals surface area contributed by atoms with Crippen molar-refractivity contribution in [3.05, 3.63) is 52.2 Å². The second-order valence-electron chi connectivity index (χ2n) is 4.87. The van der Waals surface area contributed by atoms with Gasteiger partial charge in [-0.05, 0) is 12.5 Å². The number of rotatable bonds is 7. The third-order valence-electron chi connectivity index (χ3n) is 2.86. The first kappa shape index (κ1) is 16.8. The minimum absolute atomic E-state index is 0.201. The monoisotopic (exact) mass is 335 g/mol. The molecule has 1 heterocycles. The van der Waals surface area contributed by atoms with E-state index in [1.807, 2.05) is 30.3 Å². The van der Waals surface area contributed by atoms with Gasteiger partial charge >= 0.3 is 12.1 Å². The highest BCUT2D eigenvalue weighted by atomic mass is 32.1. The predicted octanol–water partition coefficient (Wildman–Crippen LogP) is 3.14. The molecule has 1 amide bonds. The molecule has 0 saturated heterocycles. The van der Waals surface area contributed by atoms with Gasteiger partial charge in [0.1, 0.15) is 23.8 Å². The van der Waals surface area contributed by atoms with E-state index in [1.165, 1.54) is 6.07 Å². The van der Waals surface area contributed by atoms with Crippen molar-refractivity contribution < 1.29 is 24.2 Å². The summed E-state index contributed by atoms with van der Waals surface area (Å²) in [6.45, 7) is 2.19. The van der Waals surface area contributed by atoms with Gasteiger partial charge in [0.25, 0.3) is 0 Å². The fraction of sp³-hybridized carbons (Fsp3) is 0.250. The van der Waals surface area contributed by atoms with Gasteiger partial charge in [0.15, 0.2) is 0 Å². The van der Waals surface area contributed by atoms with Gasteiger partial charge in [-0.15, -0.1) is 11.3 Å². The average molecular weight is 335 g/mol. The Morgan fingerprint density at radius 3 is 2.70 bits per heavy atom. The largest absolute Gasteiger partial charge is 0.491 e. The molecule has 2 aromatic rings. The smallest absolute Gasteiger partial charge is 0.407 e. The van der Waals surface area contributed by atoms with Crippen molar-refractivity contribution in [2.24, 2.45) is 0 Å². The Morgan fingerprint density at radius 1 is 1.30 bits per heavy atom. The SMILES string of the molecule is CC(COc1csc(C(=O)O)c1)NC(=O)OCc1ccccc1. The molecule has 0 bridgehead atoms. The van der Waals surface area contributed by atoms with E-state index in [1.54, 1.807) is 12.3 Å². The van der Waals surface area contributed by atoms with Crippen molar-refractivity contribution in [2.45, 2.75) is 19.6 Å². The number of nitrogens with one attached hydrogen (secondary N) is 1. The minimum Gasteiger partial charge on any atom is -0.491 e. The lowest BCUT2D eigenvalue weighted by Gasteiger charge is -2.14. The number of amides is 1. The molecule has 7 heteroatoms. The maximum atomic E-state index is 11.7. The van der Waals surface area contributed by atoms with Crippen LogP contribution in [0.15, 0.2) is 41.8 Å². The summed E-state index contributed by atoms with van der Waals surface area (Å²) < 4.78 is 10.5. The van der Waals surface area contributed by atoms with Crippen LogP contribution in [0.5, 0.6) is 5.75 Å². The topological polar surface area (TPSA) is 84.9 Å². The summed E-state index contributed by atoms with van der Waals surface area (Å²) in [6.07, 6.45) is -0.526. The maximum Gasteiger partial charge on any atom is 0.407 e. The Kier molecular flexibility index (Phi) is 5.99. The van der Waals surface area contributed by atoms with Gasteiger partial charge in [0.2, 0.25) is 0 Å². The zero-order chi connectivity index (χ0) is 16.7. The molecule has 0 aliphatic heterocycles. The highest BCUT2D eigenvalue weighted by Gasteiger charge is 2.11. The molecule has 0 spiro atoms. The second kappa shape index (κ2) is 8.19.